The van der Waals surface area contributed by atoms with Crippen LogP contribution in [0.3, 0.4) is 0 Å². The minimum atomic E-state index is -0.841. The van der Waals surface area contributed by atoms with E-state index in [0.717, 1.165) is 5.57 Å². The maximum absolute atomic E-state index is 11.3. The molecule has 0 aliphatic heterocycles. The van der Waals surface area contributed by atoms with Crippen LogP contribution in [0.2, 0.25) is 0 Å². The van der Waals surface area contributed by atoms with Gasteiger partial charge in [-0.2, -0.15) is 0 Å². The molecule has 3 heteroatoms. The second kappa shape index (κ2) is 4.60. The lowest BCUT2D eigenvalue weighted by Crippen LogP contribution is -2.02. The Balaban J connectivity index is 2.22. The van der Waals surface area contributed by atoms with E-state index in [0.29, 0.717) is 19.3 Å². The number of hydrogen-bond acceptors (Lipinski definition) is 2. The molecular formula is C10H12O3. The third-order valence-electron chi connectivity index (χ3n) is 1.92. The number of hydrogen-bond donors (Lipinski definition) is 1. The number of aliphatic carboxylic acids is 1. The zero-order valence-corrected chi connectivity index (χ0v) is 7.32. The Bertz CT molecular complexity index is 274. The lowest BCUT2D eigenvalue weighted by molar-refractivity contribution is -0.137. The van der Waals surface area contributed by atoms with Crippen LogP contribution in [0.1, 0.15) is 25.7 Å². The van der Waals surface area contributed by atoms with Gasteiger partial charge in [0.05, 0.1) is 0 Å². The molecule has 1 N–H and O–H groups in total. The molecule has 0 amide bonds. The molecular weight excluding hydrogens is 168 g/mol. The summed E-state index contributed by atoms with van der Waals surface area (Å²) < 4.78 is 0. The van der Waals surface area contributed by atoms with E-state index in [-0.39, 0.29) is 12.2 Å². The molecule has 0 aromatic rings. The molecule has 0 spiro atoms. The summed E-state index contributed by atoms with van der Waals surface area (Å²) in [6.45, 7) is 0. The molecule has 0 saturated carbocycles. The first kappa shape index (κ1) is 9.71. The molecule has 0 heterocycles. The van der Waals surface area contributed by atoms with E-state index >= 15 is 0 Å². The van der Waals surface area contributed by atoms with Gasteiger partial charge in [0.2, 0.25) is 0 Å². The van der Waals surface area contributed by atoms with Gasteiger partial charge >= 0.3 is 5.97 Å². The molecule has 70 valence electrons. The zero-order chi connectivity index (χ0) is 9.68. The molecule has 0 radical (unpaired) electrons. The predicted octanol–water partition coefficient (Wildman–Crippen LogP) is 1.70. The second-order valence-corrected chi connectivity index (χ2v) is 2.99. The molecule has 0 atom stereocenters. The lowest BCUT2D eigenvalue weighted by atomic mass is 10.1. The topological polar surface area (TPSA) is 54.4 Å². The highest BCUT2D eigenvalue weighted by Gasteiger charge is 2.10. The van der Waals surface area contributed by atoms with Gasteiger partial charge in [-0.1, -0.05) is 18.2 Å². The molecule has 0 aromatic heterocycles. The standard InChI is InChI=1S/C10H12O3/c11-9(6-3-7-10(12)13)8-4-1-2-5-8/h1-2,4H,3,5-7H2,(H,12,13). The van der Waals surface area contributed by atoms with Gasteiger partial charge in [-0.05, 0) is 18.4 Å². The van der Waals surface area contributed by atoms with E-state index < -0.39 is 5.97 Å². The molecule has 1 aliphatic carbocycles. The number of carbonyl (C=O) groups excluding carboxylic acids is 1. The van der Waals surface area contributed by atoms with Crippen molar-refractivity contribution in [3.8, 4) is 0 Å². The fourth-order valence-electron chi connectivity index (χ4n) is 1.21. The average Bonchev–Trinajstić information content (AvgIpc) is 2.55. The van der Waals surface area contributed by atoms with Crippen molar-refractivity contribution >= 4 is 11.8 Å². The highest BCUT2D eigenvalue weighted by molar-refractivity contribution is 5.96. The van der Waals surface area contributed by atoms with Crippen LogP contribution in [0.5, 0.6) is 0 Å². The first-order chi connectivity index (χ1) is 6.20. The fourth-order valence-corrected chi connectivity index (χ4v) is 1.21. The van der Waals surface area contributed by atoms with Crippen molar-refractivity contribution in [3.05, 3.63) is 23.8 Å². The summed E-state index contributed by atoms with van der Waals surface area (Å²) in [4.78, 5) is 21.5. The fraction of sp³-hybridized carbons (Fsp3) is 0.400. The van der Waals surface area contributed by atoms with Gasteiger partial charge in [0.1, 0.15) is 0 Å². The molecule has 0 saturated heterocycles. The summed E-state index contributed by atoms with van der Waals surface area (Å²) in [5.74, 6) is -0.766. The maximum atomic E-state index is 11.3. The number of carboxylic acids is 1. The van der Waals surface area contributed by atoms with Crippen LogP contribution in [-0.2, 0) is 9.59 Å². The number of Topliss-reactive ketones (excluding diaryl/α,β-unsaturated/α-hetero) is 1. The van der Waals surface area contributed by atoms with Crippen molar-refractivity contribution in [2.45, 2.75) is 25.7 Å². The van der Waals surface area contributed by atoms with Crippen LogP contribution >= 0.6 is 0 Å². The van der Waals surface area contributed by atoms with Crippen LogP contribution in [0.15, 0.2) is 23.8 Å². The van der Waals surface area contributed by atoms with E-state index in [9.17, 15) is 9.59 Å². The first-order valence-electron chi connectivity index (χ1n) is 4.31. The minimum absolute atomic E-state index is 0.0752. The third-order valence-corrected chi connectivity index (χ3v) is 1.92. The summed E-state index contributed by atoms with van der Waals surface area (Å²) in [5.41, 5.74) is 0.797. The number of carboxylic acid groups (broad SMARTS) is 1. The molecule has 0 unspecified atom stereocenters. The molecule has 1 aliphatic rings. The molecule has 0 fully saturated rings. The van der Waals surface area contributed by atoms with Gasteiger partial charge in [-0.25, -0.2) is 0 Å². The maximum Gasteiger partial charge on any atom is 0.303 e. The molecule has 0 aromatic carbocycles. The summed E-state index contributed by atoms with van der Waals surface area (Å²) in [6, 6.07) is 0. The van der Waals surface area contributed by atoms with Crippen LogP contribution in [-0.4, -0.2) is 16.9 Å². The third kappa shape index (κ3) is 3.23. The van der Waals surface area contributed by atoms with Gasteiger partial charge in [-0.3, -0.25) is 9.59 Å². The van der Waals surface area contributed by atoms with Crippen molar-refractivity contribution in [3.63, 3.8) is 0 Å². The molecule has 3 nitrogen and oxygen atoms in total. The Morgan fingerprint density at radius 2 is 2.15 bits per heavy atom. The minimum Gasteiger partial charge on any atom is -0.481 e. The van der Waals surface area contributed by atoms with Gasteiger partial charge in [0.15, 0.2) is 5.78 Å². The first-order valence-corrected chi connectivity index (χ1v) is 4.31. The Morgan fingerprint density at radius 1 is 1.38 bits per heavy atom. The molecule has 1 rings (SSSR count). The number of rotatable bonds is 5. The number of ketones is 1. The van der Waals surface area contributed by atoms with E-state index in [4.69, 9.17) is 5.11 Å². The van der Waals surface area contributed by atoms with E-state index in [1.807, 2.05) is 12.2 Å². The van der Waals surface area contributed by atoms with E-state index in [1.54, 1.807) is 6.08 Å². The van der Waals surface area contributed by atoms with Crippen molar-refractivity contribution in [1.29, 1.82) is 0 Å². The van der Waals surface area contributed by atoms with Gasteiger partial charge < -0.3 is 5.11 Å². The highest BCUT2D eigenvalue weighted by atomic mass is 16.4. The average molecular weight is 180 g/mol. The van der Waals surface area contributed by atoms with Gasteiger partial charge in [0.25, 0.3) is 0 Å². The Morgan fingerprint density at radius 3 is 2.69 bits per heavy atom. The predicted molar refractivity (Wildman–Crippen MR) is 48.3 cm³/mol. The molecule has 0 bridgehead atoms. The number of carbonyl (C=O) groups is 2. The van der Waals surface area contributed by atoms with Crippen LogP contribution < -0.4 is 0 Å². The summed E-state index contributed by atoms with van der Waals surface area (Å²) >= 11 is 0. The van der Waals surface area contributed by atoms with Crippen molar-refractivity contribution in [2.75, 3.05) is 0 Å². The normalized spacial score (nSPS) is 14.3. The zero-order valence-electron chi connectivity index (χ0n) is 7.32. The van der Waals surface area contributed by atoms with Crippen LogP contribution in [0.4, 0.5) is 0 Å². The highest BCUT2D eigenvalue weighted by Crippen LogP contribution is 2.14. The summed E-state index contributed by atoms with van der Waals surface area (Å²) in [6.07, 6.45) is 7.13. The summed E-state index contributed by atoms with van der Waals surface area (Å²) in [7, 11) is 0. The SMILES string of the molecule is O=C(O)CCCC(=O)C1=CC=CC1. The monoisotopic (exact) mass is 180 g/mol. The molecule has 13 heavy (non-hydrogen) atoms. The van der Waals surface area contributed by atoms with Crippen molar-refractivity contribution in [1.82, 2.24) is 0 Å². The number of allylic oxidation sites excluding steroid dienone is 4. The van der Waals surface area contributed by atoms with Crippen LogP contribution in [0, 0.1) is 0 Å². The van der Waals surface area contributed by atoms with Gasteiger partial charge in [0, 0.05) is 12.8 Å². The Labute approximate surface area is 76.8 Å². The summed E-state index contributed by atoms with van der Waals surface area (Å²) in [5, 5.41) is 8.35. The van der Waals surface area contributed by atoms with Crippen molar-refractivity contribution in [2.24, 2.45) is 0 Å². The smallest absolute Gasteiger partial charge is 0.303 e. The lowest BCUT2D eigenvalue weighted by Gasteiger charge is -1.98. The van der Waals surface area contributed by atoms with E-state index in [2.05, 4.69) is 0 Å². The van der Waals surface area contributed by atoms with E-state index in [1.165, 1.54) is 0 Å². The van der Waals surface area contributed by atoms with Crippen LogP contribution in [0.25, 0.3) is 0 Å². The van der Waals surface area contributed by atoms with Gasteiger partial charge in [-0.15, -0.1) is 0 Å². The quantitative estimate of drug-likeness (QED) is 0.700. The Kier molecular flexibility index (Phi) is 3.43. The van der Waals surface area contributed by atoms with Crippen molar-refractivity contribution < 1.29 is 14.7 Å². The largest absolute Gasteiger partial charge is 0.481 e. The second-order valence-electron chi connectivity index (χ2n) is 2.99. The Hall–Kier alpha value is -1.38.